The molecule has 0 amide bonds. The summed E-state index contributed by atoms with van der Waals surface area (Å²) < 4.78 is 0. The average molecular weight is 298 g/mol. The number of rotatable bonds is 4. The number of hydrogen-bond donors (Lipinski definition) is 1. The van der Waals surface area contributed by atoms with E-state index in [0.29, 0.717) is 0 Å². The summed E-state index contributed by atoms with van der Waals surface area (Å²) in [6, 6.07) is 13.5. The highest BCUT2D eigenvalue weighted by Gasteiger charge is 2.05. The minimum atomic E-state index is 0.724. The molecule has 0 aliphatic heterocycles. The second kappa shape index (κ2) is 6.37. The van der Waals surface area contributed by atoms with Gasteiger partial charge in [-0.3, -0.25) is 0 Å². The predicted molar refractivity (Wildman–Crippen MR) is 82.3 cm³/mol. The van der Waals surface area contributed by atoms with Gasteiger partial charge in [0.15, 0.2) is 0 Å². The molecule has 1 nitrogen and oxygen atoms in total. The molecule has 2 aromatic rings. The fourth-order valence-electron chi connectivity index (χ4n) is 1.61. The van der Waals surface area contributed by atoms with Crippen LogP contribution in [-0.2, 0) is 11.5 Å². The van der Waals surface area contributed by atoms with Crippen LogP contribution in [0.3, 0.4) is 0 Å². The van der Waals surface area contributed by atoms with Crippen molar-refractivity contribution in [1.29, 1.82) is 0 Å². The first kappa shape index (κ1) is 13.6. The third kappa shape index (κ3) is 3.35. The Morgan fingerprint density at radius 3 is 2.33 bits per heavy atom. The largest absolute Gasteiger partial charge is 0.398 e. The maximum absolute atomic E-state index is 6.12. The van der Waals surface area contributed by atoms with Crippen LogP contribution < -0.4 is 5.73 Å². The van der Waals surface area contributed by atoms with Gasteiger partial charge in [0.1, 0.15) is 0 Å². The third-order valence-electron chi connectivity index (χ3n) is 2.62. The lowest BCUT2D eigenvalue weighted by molar-refractivity contribution is 1.37. The fraction of sp³-hybridized carbons (Fsp3) is 0.143. The van der Waals surface area contributed by atoms with Crippen LogP contribution in [0.1, 0.15) is 11.1 Å². The maximum atomic E-state index is 6.12. The highest BCUT2D eigenvalue weighted by molar-refractivity contribution is 7.97. The highest BCUT2D eigenvalue weighted by atomic mass is 35.5. The Hall–Kier alpha value is -0.830. The SMILES string of the molecule is Nc1cccc(Cl)c1CSCc1ccccc1Cl. The van der Waals surface area contributed by atoms with E-state index < -0.39 is 0 Å². The third-order valence-corrected chi connectivity index (χ3v) is 4.35. The molecule has 18 heavy (non-hydrogen) atoms. The molecule has 0 bridgehead atoms. The standard InChI is InChI=1S/C14H13Cl2NS/c15-12-5-2-1-4-10(12)8-18-9-11-13(16)6-3-7-14(11)17/h1-7H,8-9,17H2. The summed E-state index contributed by atoms with van der Waals surface area (Å²) >= 11 is 14.0. The molecule has 0 spiro atoms. The lowest BCUT2D eigenvalue weighted by atomic mass is 10.2. The molecule has 0 aliphatic rings. The summed E-state index contributed by atoms with van der Waals surface area (Å²) in [6.45, 7) is 0. The van der Waals surface area contributed by atoms with Gasteiger partial charge in [-0.15, -0.1) is 0 Å². The zero-order valence-corrected chi connectivity index (χ0v) is 12.0. The molecule has 0 saturated carbocycles. The van der Waals surface area contributed by atoms with E-state index in [9.17, 15) is 0 Å². The number of hydrogen-bond acceptors (Lipinski definition) is 2. The second-order valence-electron chi connectivity index (χ2n) is 3.89. The number of benzene rings is 2. The molecule has 0 aromatic heterocycles. The van der Waals surface area contributed by atoms with Gasteiger partial charge < -0.3 is 5.73 Å². The first-order chi connectivity index (χ1) is 8.68. The Morgan fingerprint density at radius 2 is 1.61 bits per heavy atom. The molecule has 0 fully saturated rings. The van der Waals surface area contributed by atoms with Crippen LogP contribution in [0.25, 0.3) is 0 Å². The first-order valence-corrected chi connectivity index (χ1v) is 7.43. The van der Waals surface area contributed by atoms with Crippen LogP contribution in [0.2, 0.25) is 10.0 Å². The van der Waals surface area contributed by atoms with Gasteiger partial charge in [-0.2, -0.15) is 11.8 Å². The lowest BCUT2D eigenvalue weighted by Gasteiger charge is -2.08. The van der Waals surface area contributed by atoms with Gasteiger partial charge >= 0.3 is 0 Å². The predicted octanol–water partition coefficient (Wildman–Crippen LogP) is 5.01. The molecule has 0 heterocycles. The Bertz CT molecular complexity index is 523. The Labute approximate surface area is 121 Å². The van der Waals surface area contributed by atoms with Gasteiger partial charge in [0.2, 0.25) is 0 Å². The van der Waals surface area contributed by atoms with Crippen molar-refractivity contribution in [3.8, 4) is 0 Å². The molecular weight excluding hydrogens is 285 g/mol. The van der Waals surface area contributed by atoms with Crippen molar-refractivity contribution in [1.82, 2.24) is 0 Å². The van der Waals surface area contributed by atoms with Gasteiger partial charge in [0.05, 0.1) is 0 Å². The molecule has 94 valence electrons. The first-order valence-electron chi connectivity index (χ1n) is 5.52. The van der Waals surface area contributed by atoms with E-state index in [2.05, 4.69) is 0 Å². The summed E-state index contributed by atoms with van der Waals surface area (Å²) in [7, 11) is 0. The number of anilines is 1. The molecule has 4 heteroatoms. The van der Waals surface area contributed by atoms with Gasteiger partial charge in [0.25, 0.3) is 0 Å². The monoisotopic (exact) mass is 297 g/mol. The molecular formula is C14H13Cl2NS. The van der Waals surface area contributed by atoms with Crippen molar-refractivity contribution in [2.24, 2.45) is 0 Å². The zero-order chi connectivity index (χ0) is 13.0. The minimum Gasteiger partial charge on any atom is -0.398 e. The summed E-state index contributed by atoms with van der Waals surface area (Å²) in [4.78, 5) is 0. The van der Waals surface area contributed by atoms with Crippen molar-refractivity contribution < 1.29 is 0 Å². The minimum absolute atomic E-state index is 0.724. The van der Waals surface area contributed by atoms with E-state index >= 15 is 0 Å². The van der Waals surface area contributed by atoms with Gasteiger partial charge in [-0.1, -0.05) is 47.5 Å². The Balaban J connectivity index is 1.99. The number of nitrogens with two attached hydrogens (primary N) is 1. The summed E-state index contributed by atoms with van der Waals surface area (Å²) in [5.41, 5.74) is 8.78. The normalized spacial score (nSPS) is 10.6. The molecule has 0 saturated heterocycles. The molecule has 0 unspecified atom stereocenters. The lowest BCUT2D eigenvalue weighted by Crippen LogP contribution is -1.93. The van der Waals surface area contributed by atoms with Crippen molar-refractivity contribution in [2.75, 3.05) is 5.73 Å². The van der Waals surface area contributed by atoms with Crippen molar-refractivity contribution in [3.05, 3.63) is 63.6 Å². The van der Waals surface area contributed by atoms with Crippen LogP contribution in [0.4, 0.5) is 5.69 Å². The van der Waals surface area contributed by atoms with E-state index in [1.54, 1.807) is 11.8 Å². The van der Waals surface area contributed by atoms with Gasteiger partial charge in [0, 0.05) is 32.8 Å². The van der Waals surface area contributed by atoms with Crippen molar-refractivity contribution in [3.63, 3.8) is 0 Å². The highest BCUT2D eigenvalue weighted by Crippen LogP contribution is 2.29. The summed E-state index contributed by atoms with van der Waals surface area (Å²) in [5.74, 6) is 1.64. The van der Waals surface area contributed by atoms with Crippen molar-refractivity contribution in [2.45, 2.75) is 11.5 Å². The van der Waals surface area contributed by atoms with Crippen LogP contribution >= 0.6 is 35.0 Å². The topological polar surface area (TPSA) is 26.0 Å². The Morgan fingerprint density at radius 1 is 0.889 bits per heavy atom. The summed E-state index contributed by atoms with van der Waals surface area (Å²) in [5, 5.41) is 1.53. The second-order valence-corrected chi connectivity index (χ2v) is 5.69. The summed E-state index contributed by atoms with van der Waals surface area (Å²) in [6.07, 6.45) is 0. The van der Waals surface area contributed by atoms with Gasteiger partial charge in [-0.25, -0.2) is 0 Å². The molecule has 0 radical (unpaired) electrons. The van der Waals surface area contributed by atoms with Crippen LogP contribution in [-0.4, -0.2) is 0 Å². The van der Waals surface area contributed by atoms with Crippen LogP contribution in [0.5, 0.6) is 0 Å². The van der Waals surface area contributed by atoms with Gasteiger partial charge in [-0.05, 0) is 23.8 Å². The molecule has 0 aliphatic carbocycles. The number of halogens is 2. The van der Waals surface area contributed by atoms with E-state index in [1.807, 2.05) is 42.5 Å². The maximum Gasteiger partial charge on any atom is 0.0466 e. The fourth-order valence-corrected chi connectivity index (χ4v) is 3.32. The number of nitrogen functional groups attached to an aromatic ring is 1. The van der Waals surface area contributed by atoms with Crippen LogP contribution in [0, 0.1) is 0 Å². The average Bonchev–Trinajstić information content (AvgIpc) is 2.35. The van der Waals surface area contributed by atoms with Crippen molar-refractivity contribution >= 4 is 40.7 Å². The zero-order valence-electron chi connectivity index (χ0n) is 9.70. The van der Waals surface area contributed by atoms with E-state index in [4.69, 9.17) is 28.9 Å². The van der Waals surface area contributed by atoms with E-state index in [0.717, 1.165) is 38.4 Å². The van der Waals surface area contributed by atoms with Crippen LogP contribution in [0.15, 0.2) is 42.5 Å². The molecule has 2 N–H and O–H groups in total. The quantitative estimate of drug-likeness (QED) is 0.803. The van der Waals surface area contributed by atoms with E-state index in [1.165, 1.54) is 0 Å². The Kier molecular flexibility index (Phi) is 4.81. The van der Waals surface area contributed by atoms with E-state index in [-0.39, 0.29) is 0 Å². The smallest absolute Gasteiger partial charge is 0.0466 e. The number of thioether (sulfide) groups is 1. The molecule has 2 aromatic carbocycles. The molecule has 0 atom stereocenters. The molecule has 2 rings (SSSR count).